The first-order chi connectivity index (χ1) is 14.2. The van der Waals surface area contributed by atoms with Gasteiger partial charge in [-0.15, -0.1) is 0 Å². The SMILES string of the molecule is CCC1(O)C(=O)OCc2c1cc1n(c2=O)Cc2c-1nc1cc(C)c(C)c(C)c1c2C. The van der Waals surface area contributed by atoms with Crippen molar-refractivity contribution in [3.05, 3.63) is 61.4 Å². The van der Waals surface area contributed by atoms with E-state index in [2.05, 4.69) is 33.8 Å². The Hall–Kier alpha value is -2.99. The number of aromatic nitrogens is 2. The lowest BCUT2D eigenvalue weighted by Crippen LogP contribution is -2.44. The number of carbonyl (C=O) groups is 1. The van der Waals surface area contributed by atoms with Gasteiger partial charge in [-0.3, -0.25) is 4.79 Å². The summed E-state index contributed by atoms with van der Waals surface area (Å²) < 4.78 is 6.83. The van der Waals surface area contributed by atoms with Crippen LogP contribution in [-0.2, 0) is 28.3 Å². The Kier molecular flexibility index (Phi) is 3.81. The Bertz CT molecular complexity index is 1350. The summed E-state index contributed by atoms with van der Waals surface area (Å²) in [6, 6.07) is 3.85. The monoisotopic (exact) mass is 404 g/mol. The lowest BCUT2D eigenvalue weighted by molar-refractivity contribution is -0.172. The van der Waals surface area contributed by atoms with Crippen molar-refractivity contribution in [2.75, 3.05) is 0 Å². The van der Waals surface area contributed by atoms with Crippen molar-refractivity contribution in [1.29, 1.82) is 0 Å². The summed E-state index contributed by atoms with van der Waals surface area (Å²) >= 11 is 0. The molecule has 1 N–H and O–H groups in total. The third-order valence-electron chi connectivity index (χ3n) is 7.09. The van der Waals surface area contributed by atoms with Crippen molar-refractivity contribution in [3.63, 3.8) is 0 Å². The molecule has 2 aliphatic heterocycles. The molecule has 0 saturated heterocycles. The highest BCUT2D eigenvalue weighted by Crippen LogP contribution is 2.40. The van der Waals surface area contributed by atoms with E-state index in [1.807, 2.05) is 0 Å². The van der Waals surface area contributed by atoms with Crippen molar-refractivity contribution < 1.29 is 14.6 Å². The summed E-state index contributed by atoms with van der Waals surface area (Å²) in [4.78, 5) is 30.5. The van der Waals surface area contributed by atoms with E-state index in [9.17, 15) is 14.7 Å². The number of benzene rings is 1. The van der Waals surface area contributed by atoms with Crippen LogP contribution in [0.3, 0.4) is 0 Å². The van der Waals surface area contributed by atoms with Gasteiger partial charge in [0.1, 0.15) is 6.61 Å². The molecule has 0 spiro atoms. The number of pyridine rings is 2. The summed E-state index contributed by atoms with van der Waals surface area (Å²) in [6.45, 7) is 10.4. The van der Waals surface area contributed by atoms with Gasteiger partial charge in [0.05, 0.1) is 29.0 Å². The van der Waals surface area contributed by atoms with Crippen LogP contribution in [0.25, 0.3) is 22.3 Å². The molecule has 154 valence electrons. The van der Waals surface area contributed by atoms with Gasteiger partial charge < -0.3 is 14.4 Å². The Morgan fingerprint density at radius 3 is 2.53 bits per heavy atom. The normalized spacial score (nSPS) is 19.5. The van der Waals surface area contributed by atoms with Crippen LogP contribution in [0.1, 0.15) is 52.3 Å². The summed E-state index contributed by atoms with van der Waals surface area (Å²) in [7, 11) is 0. The number of hydrogen-bond donors (Lipinski definition) is 1. The molecule has 2 aliphatic rings. The van der Waals surface area contributed by atoms with Crippen LogP contribution in [0.4, 0.5) is 0 Å². The molecule has 3 aromatic rings. The van der Waals surface area contributed by atoms with Crippen LogP contribution in [0.2, 0.25) is 0 Å². The molecule has 1 atom stereocenters. The van der Waals surface area contributed by atoms with E-state index >= 15 is 0 Å². The van der Waals surface area contributed by atoms with Crippen molar-refractivity contribution in [3.8, 4) is 11.4 Å². The third-order valence-corrected chi connectivity index (χ3v) is 7.09. The molecule has 1 aromatic carbocycles. The van der Waals surface area contributed by atoms with Crippen LogP contribution in [0, 0.1) is 27.7 Å². The Labute approximate surface area is 174 Å². The minimum Gasteiger partial charge on any atom is -0.458 e. The summed E-state index contributed by atoms with van der Waals surface area (Å²) in [5.41, 5.74) is 6.73. The zero-order chi connectivity index (χ0) is 21.5. The molecular formula is C24H24N2O4. The van der Waals surface area contributed by atoms with Crippen LogP contribution >= 0.6 is 0 Å². The van der Waals surface area contributed by atoms with E-state index in [0.717, 1.165) is 27.7 Å². The Balaban J connectivity index is 1.85. The molecule has 0 amide bonds. The predicted octanol–water partition coefficient (Wildman–Crippen LogP) is 3.31. The van der Waals surface area contributed by atoms with E-state index in [1.165, 1.54) is 16.7 Å². The molecule has 0 radical (unpaired) electrons. The van der Waals surface area contributed by atoms with Crippen molar-refractivity contribution in [2.45, 2.75) is 59.8 Å². The molecule has 1 unspecified atom stereocenters. The molecule has 6 nitrogen and oxygen atoms in total. The Morgan fingerprint density at radius 1 is 1.10 bits per heavy atom. The van der Waals surface area contributed by atoms with Crippen LogP contribution in [-0.4, -0.2) is 20.6 Å². The number of hydrogen-bond acceptors (Lipinski definition) is 5. The fourth-order valence-electron chi connectivity index (χ4n) is 4.96. The number of carbonyl (C=O) groups excluding carboxylic acids is 1. The molecule has 0 aliphatic carbocycles. The number of nitrogens with zero attached hydrogens (tertiary/aromatic N) is 2. The fraction of sp³-hybridized carbons (Fsp3) is 0.375. The average Bonchev–Trinajstić information content (AvgIpc) is 3.09. The standard InChI is InChI=1S/C24H24N2O4/c1-6-24(29)17-8-19-21-15(9-26(19)22(27)16(17)10-30-23(24)28)14(5)20-13(4)12(3)11(2)7-18(20)25-21/h7-8,29H,6,9-10H2,1-5H3. The summed E-state index contributed by atoms with van der Waals surface area (Å²) in [5.74, 6) is -0.704. The van der Waals surface area contributed by atoms with E-state index in [4.69, 9.17) is 9.72 Å². The van der Waals surface area contributed by atoms with Crippen molar-refractivity contribution in [2.24, 2.45) is 0 Å². The molecular weight excluding hydrogens is 380 g/mol. The molecule has 0 saturated carbocycles. The summed E-state index contributed by atoms with van der Waals surface area (Å²) in [5, 5.41) is 12.1. The van der Waals surface area contributed by atoms with Gasteiger partial charge in [0, 0.05) is 16.5 Å². The van der Waals surface area contributed by atoms with Gasteiger partial charge in [-0.1, -0.05) is 6.92 Å². The quantitative estimate of drug-likeness (QED) is 0.492. The first-order valence-corrected chi connectivity index (χ1v) is 10.3. The van der Waals surface area contributed by atoms with Gasteiger partial charge in [-0.2, -0.15) is 0 Å². The highest BCUT2D eigenvalue weighted by molar-refractivity contribution is 5.92. The lowest BCUT2D eigenvalue weighted by atomic mass is 9.86. The second kappa shape index (κ2) is 6.01. The van der Waals surface area contributed by atoms with Crippen molar-refractivity contribution in [1.82, 2.24) is 9.55 Å². The number of cyclic esters (lactones) is 1. The molecule has 6 heteroatoms. The second-order valence-electron chi connectivity index (χ2n) is 8.50. The maximum absolute atomic E-state index is 13.3. The first kappa shape index (κ1) is 19.0. The third kappa shape index (κ3) is 2.20. The molecule has 5 rings (SSSR count). The van der Waals surface area contributed by atoms with E-state index in [0.29, 0.717) is 23.4 Å². The highest BCUT2D eigenvalue weighted by atomic mass is 16.6. The lowest BCUT2D eigenvalue weighted by Gasteiger charge is -2.31. The topological polar surface area (TPSA) is 81.4 Å². The number of fused-ring (bicyclic) bond motifs is 5. The number of aliphatic hydroxyl groups is 1. The van der Waals surface area contributed by atoms with Crippen molar-refractivity contribution >= 4 is 16.9 Å². The van der Waals surface area contributed by atoms with Crippen LogP contribution < -0.4 is 5.56 Å². The van der Waals surface area contributed by atoms with Gasteiger partial charge in [0.15, 0.2) is 5.60 Å². The van der Waals surface area contributed by atoms with Gasteiger partial charge in [0.2, 0.25) is 0 Å². The molecule has 0 fully saturated rings. The number of ether oxygens (including phenoxy) is 1. The fourth-order valence-corrected chi connectivity index (χ4v) is 4.96. The number of esters is 1. The van der Waals surface area contributed by atoms with E-state index in [-0.39, 0.29) is 18.6 Å². The van der Waals surface area contributed by atoms with Crippen LogP contribution in [0.5, 0.6) is 0 Å². The van der Waals surface area contributed by atoms with Crippen LogP contribution in [0.15, 0.2) is 16.9 Å². The second-order valence-corrected chi connectivity index (χ2v) is 8.50. The molecule has 2 aromatic heterocycles. The molecule has 30 heavy (non-hydrogen) atoms. The van der Waals surface area contributed by atoms with Gasteiger partial charge in [-0.05, 0) is 68.5 Å². The summed E-state index contributed by atoms with van der Waals surface area (Å²) in [6.07, 6.45) is 0.135. The maximum Gasteiger partial charge on any atom is 0.343 e. The molecule has 0 bridgehead atoms. The minimum atomic E-state index is -1.80. The zero-order valence-electron chi connectivity index (χ0n) is 17.8. The zero-order valence-corrected chi connectivity index (χ0v) is 17.8. The van der Waals surface area contributed by atoms with Gasteiger partial charge in [-0.25, -0.2) is 9.78 Å². The van der Waals surface area contributed by atoms with Gasteiger partial charge >= 0.3 is 5.97 Å². The Morgan fingerprint density at radius 2 is 1.83 bits per heavy atom. The van der Waals surface area contributed by atoms with E-state index < -0.39 is 11.6 Å². The predicted molar refractivity (Wildman–Crippen MR) is 113 cm³/mol. The maximum atomic E-state index is 13.3. The van der Waals surface area contributed by atoms with E-state index in [1.54, 1.807) is 17.6 Å². The number of rotatable bonds is 1. The minimum absolute atomic E-state index is 0.113. The highest BCUT2D eigenvalue weighted by Gasteiger charge is 2.45. The average molecular weight is 404 g/mol. The molecule has 4 heterocycles. The largest absolute Gasteiger partial charge is 0.458 e. The number of aryl methyl sites for hydroxylation is 3. The smallest absolute Gasteiger partial charge is 0.343 e. The first-order valence-electron chi connectivity index (χ1n) is 10.3. The van der Waals surface area contributed by atoms with Gasteiger partial charge in [0.25, 0.3) is 5.56 Å².